The second kappa shape index (κ2) is 8.05. The molecule has 0 radical (unpaired) electrons. The Kier molecular flexibility index (Phi) is 5.99. The van der Waals surface area contributed by atoms with E-state index in [0.29, 0.717) is 33.6 Å². The number of pyridine rings is 2. The van der Waals surface area contributed by atoms with E-state index in [1.807, 2.05) is 20.8 Å². The molecule has 158 valence electrons. The molecule has 2 aromatic heterocycles. The van der Waals surface area contributed by atoms with Crippen LogP contribution in [-0.2, 0) is 21.2 Å². The van der Waals surface area contributed by atoms with Crippen molar-refractivity contribution in [2.75, 3.05) is 6.26 Å². The maximum atomic E-state index is 13.8. The monoisotopic (exact) mass is 447 g/mol. The maximum Gasteiger partial charge on any atom is 0.192 e. The van der Waals surface area contributed by atoms with Gasteiger partial charge < -0.3 is 4.55 Å². The fourth-order valence-corrected chi connectivity index (χ4v) is 3.89. The minimum absolute atomic E-state index is 0.0850. The lowest BCUT2D eigenvalue weighted by Gasteiger charge is -2.19. The van der Waals surface area contributed by atoms with Gasteiger partial charge in [-0.2, -0.15) is 0 Å². The summed E-state index contributed by atoms with van der Waals surface area (Å²) in [5.41, 5.74) is 2.18. The molecule has 30 heavy (non-hydrogen) atoms. The number of hydrogen-bond acceptors (Lipinski definition) is 6. The molecule has 6 nitrogen and oxygen atoms in total. The fourth-order valence-electron chi connectivity index (χ4n) is 2.69. The minimum atomic E-state index is -3.52. The zero-order valence-electron chi connectivity index (χ0n) is 17.3. The second-order valence-corrected chi connectivity index (χ2v) is 11.8. The van der Waals surface area contributed by atoms with Gasteiger partial charge in [0.25, 0.3) is 0 Å². The van der Waals surface area contributed by atoms with Gasteiger partial charge in [0.2, 0.25) is 0 Å². The fraction of sp³-hybridized carbons (Fsp3) is 0.286. The van der Waals surface area contributed by atoms with Crippen molar-refractivity contribution in [3.05, 3.63) is 54.0 Å². The summed E-state index contributed by atoms with van der Waals surface area (Å²) in [4.78, 5) is 8.86. The molecular formula is C21H22FN3O3S2. The summed E-state index contributed by atoms with van der Waals surface area (Å²) in [6, 6.07) is 10.5. The van der Waals surface area contributed by atoms with Gasteiger partial charge in [0.15, 0.2) is 14.9 Å². The summed E-state index contributed by atoms with van der Waals surface area (Å²) in [7, 11) is -3.52. The Labute approximate surface area is 178 Å². The molecule has 0 aliphatic rings. The number of rotatable bonds is 4. The Hall–Kier alpha value is -2.36. The van der Waals surface area contributed by atoms with Crippen molar-refractivity contribution in [2.45, 2.75) is 37.5 Å². The third-order valence-corrected chi connectivity index (χ3v) is 6.72. The minimum Gasteiger partial charge on any atom is -0.591 e. The number of benzene rings is 1. The van der Waals surface area contributed by atoms with Crippen LogP contribution in [0.25, 0.3) is 22.2 Å². The van der Waals surface area contributed by atoms with E-state index in [4.69, 9.17) is 0 Å². The van der Waals surface area contributed by atoms with Crippen molar-refractivity contribution in [1.29, 1.82) is 0 Å². The second-order valence-electron chi connectivity index (χ2n) is 7.89. The molecule has 0 saturated heterocycles. The quantitative estimate of drug-likeness (QED) is 0.443. The summed E-state index contributed by atoms with van der Waals surface area (Å²) in [6.07, 6.45) is 1.08. The molecule has 0 fully saturated rings. The van der Waals surface area contributed by atoms with Gasteiger partial charge in [0.05, 0.1) is 16.9 Å². The van der Waals surface area contributed by atoms with E-state index in [2.05, 4.69) is 14.4 Å². The zero-order valence-corrected chi connectivity index (χ0v) is 18.9. The van der Waals surface area contributed by atoms with Crippen LogP contribution in [0.5, 0.6) is 0 Å². The highest BCUT2D eigenvalue weighted by Gasteiger charge is 2.27. The highest BCUT2D eigenvalue weighted by molar-refractivity contribution is 7.91. The predicted octanol–water partition coefficient (Wildman–Crippen LogP) is 4.11. The number of nitrogens with zero attached hydrogens (tertiary/aromatic N) is 3. The van der Waals surface area contributed by atoms with Gasteiger partial charge in [-0.05, 0) is 64.1 Å². The smallest absolute Gasteiger partial charge is 0.192 e. The van der Waals surface area contributed by atoms with E-state index in [0.717, 1.165) is 6.26 Å². The van der Waals surface area contributed by atoms with Crippen molar-refractivity contribution >= 4 is 37.8 Å². The van der Waals surface area contributed by atoms with Gasteiger partial charge in [0, 0.05) is 17.2 Å². The number of fused-ring (bicyclic) bond motifs is 1. The lowest BCUT2D eigenvalue weighted by Crippen LogP contribution is -2.27. The third kappa shape index (κ3) is 4.85. The lowest BCUT2D eigenvalue weighted by atomic mass is 10.0. The van der Waals surface area contributed by atoms with E-state index in [9.17, 15) is 17.4 Å². The molecule has 1 unspecified atom stereocenters. The molecule has 1 atom stereocenters. The van der Waals surface area contributed by atoms with Gasteiger partial charge in [-0.1, -0.05) is 10.5 Å². The Bertz CT molecular complexity index is 1250. The van der Waals surface area contributed by atoms with Crippen LogP contribution in [0.4, 0.5) is 4.39 Å². The molecule has 0 amide bonds. The third-order valence-electron chi connectivity index (χ3n) is 4.24. The van der Waals surface area contributed by atoms with E-state index in [1.54, 1.807) is 31.2 Å². The Morgan fingerprint density at radius 1 is 1.13 bits per heavy atom. The standard InChI is InChI=1S/C21H22FN3O3S2/c1-13(25-29(26)21(2,3)4)20-16(12-14-11-15(22)9-10-17(14)24-20)18-7-6-8-19(23-18)30(5,27)28/h6-12H,1-5H3/b25-13-. The summed E-state index contributed by atoms with van der Waals surface area (Å²) >= 11 is -1.52. The molecule has 3 aromatic rings. The van der Waals surface area contributed by atoms with Crippen LogP contribution in [0.1, 0.15) is 33.4 Å². The van der Waals surface area contributed by atoms with Crippen LogP contribution in [-0.4, -0.2) is 39.7 Å². The summed E-state index contributed by atoms with van der Waals surface area (Å²) in [6.45, 7) is 7.13. The lowest BCUT2D eigenvalue weighted by molar-refractivity contribution is 0.561. The zero-order chi connectivity index (χ0) is 22.3. The van der Waals surface area contributed by atoms with Gasteiger partial charge in [0.1, 0.15) is 27.6 Å². The number of aromatic nitrogens is 2. The van der Waals surface area contributed by atoms with Crippen molar-refractivity contribution < 1.29 is 17.4 Å². The van der Waals surface area contributed by atoms with Gasteiger partial charge in [-0.3, -0.25) is 0 Å². The van der Waals surface area contributed by atoms with Gasteiger partial charge in [-0.25, -0.2) is 22.8 Å². The van der Waals surface area contributed by atoms with E-state index in [1.165, 1.54) is 18.2 Å². The Balaban J connectivity index is 2.29. The molecule has 2 heterocycles. The van der Waals surface area contributed by atoms with Crippen molar-refractivity contribution in [3.8, 4) is 11.3 Å². The molecule has 0 spiro atoms. The Morgan fingerprint density at radius 2 is 1.83 bits per heavy atom. The van der Waals surface area contributed by atoms with Crippen molar-refractivity contribution in [2.24, 2.45) is 4.40 Å². The maximum absolute atomic E-state index is 13.8. The molecule has 0 aliphatic heterocycles. The van der Waals surface area contributed by atoms with Gasteiger partial charge in [-0.15, -0.1) is 0 Å². The SMILES string of the molecule is C/C(=N/[S+]([O-])C(C)(C)C)c1nc2ccc(F)cc2cc1-c1cccc(S(C)(=O)=O)n1. The first-order valence-electron chi connectivity index (χ1n) is 9.12. The van der Waals surface area contributed by atoms with Crippen LogP contribution in [0.15, 0.2) is 51.9 Å². The van der Waals surface area contributed by atoms with Crippen LogP contribution < -0.4 is 0 Å². The summed E-state index contributed by atoms with van der Waals surface area (Å²) < 4.78 is 54.0. The van der Waals surface area contributed by atoms with Crippen molar-refractivity contribution in [1.82, 2.24) is 9.97 Å². The highest BCUT2D eigenvalue weighted by Crippen LogP contribution is 2.28. The first-order valence-corrected chi connectivity index (χ1v) is 12.1. The predicted molar refractivity (Wildman–Crippen MR) is 118 cm³/mol. The van der Waals surface area contributed by atoms with Crippen LogP contribution in [0.2, 0.25) is 0 Å². The van der Waals surface area contributed by atoms with E-state index in [-0.39, 0.29) is 5.03 Å². The molecule has 0 aliphatic carbocycles. The molecule has 3 rings (SSSR count). The summed E-state index contributed by atoms with van der Waals surface area (Å²) in [5, 5.41) is 0.447. The first-order chi connectivity index (χ1) is 13.9. The van der Waals surface area contributed by atoms with Gasteiger partial charge >= 0.3 is 0 Å². The van der Waals surface area contributed by atoms with E-state index < -0.39 is 31.8 Å². The van der Waals surface area contributed by atoms with E-state index >= 15 is 0 Å². The molecular weight excluding hydrogens is 425 g/mol. The first kappa shape index (κ1) is 22.3. The normalized spacial score (nSPS) is 14.2. The number of halogens is 1. The molecule has 9 heteroatoms. The average molecular weight is 448 g/mol. The largest absolute Gasteiger partial charge is 0.591 e. The molecule has 1 aromatic carbocycles. The number of sulfone groups is 1. The average Bonchev–Trinajstić information content (AvgIpc) is 2.65. The highest BCUT2D eigenvalue weighted by atomic mass is 32.2. The number of hydrogen-bond donors (Lipinski definition) is 0. The molecule has 0 saturated carbocycles. The Morgan fingerprint density at radius 3 is 2.47 bits per heavy atom. The topological polar surface area (TPSA) is 95.3 Å². The van der Waals surface area contributed by atoms with Crippen molar-refractivity contribution in [3.63, 3.8) is 0 Å². The summed E-state index contributed by atoms with van der Waals surface area (Å²) in [5.74, 6) is -0.417. The van der Waals surface area contributed by atoms with Crippen LogP contribution in [0.3, 0.4) is 0 Å². The van der Waals surface area contributed by atoms with Crippen LogP contribution >= 0.6 is 0 Å². The molecule has 0 bridgehead atoms. The van der Waals surface area contributed by atoms with Crippen LogP contribution in [0, 0.1) is 5.82 Å². The molecule has 0 N–H and O–H groups in total.